The van der Waals surface area contributed by atoms with Crippen LogP contribution < -0.4 is 5.73 Å². The Balaban J connectivity index is 0.00000144. The van der Waals surface area contributed by atoms with Gasteiger partial charge in [-0.2, -0.15) is 0 Å². The molecule has 2 rings (SSSR count). The van der Waals surface area contributed by atoms with Gasteiger partial charge in [0.15, 0.2) is 0 Å². The fourth-order valence-electron chi connectivity index (χ4n) is 3.30. The van der Waals surface area contributed by atoms with E-state index in [2.05, 4.69) is 6.92 Å². The molecule has 2 fully saturated rings. The van der Waals surface area contributed by atoms with Crippen molar-refractivity contribution in [3.63, 3.8) is 0 Å². The number of likely N-dealkylation sites (tertiary alicyclic amines) is 1. The predicted molar refractivity (Wildman–Crippen MR) is 72.2 cm³/mol. The molecule has 1 heterocycles. The number of nitrogens with zero attached hydrogens (tertiary/aromatic N) is 1. The van der Waals surface area contributed by atoms with E-state index >= 15 is 0 Å². The van der Waals surface area contributed by atoms with Gasteiger partial charge in [-0.3, -0.25) is 4.79 Å². The van der Waals surface area contributed by atoms with E-state index in [0.717, 1.165) is 45.2 Å². The molecule has 4 heteroatoms. The Morgan fingerprint density at radius 2 is 2.00 bits per heavy atom. The van der Waals surface area contributed by atoms with Gasteiger partial charge < -0.3 is 10.6 Å². The number of amides is 1. The summed E-state index contributed by atoms with van der Waals surface area (Å²) < 4.78 is 0. The van der Waals surface area contributed by atoms with Gasteiger partial charge in [-0.1, -0.05) is 19.8 Å². The van der Waals surface area contributed by atoms with E-state index in [9.17, 15) is 4.79 Å². The third kappa shape index (κ3) is 2.94. The largest absolute Gasteiger partial charge is 0.341 e. The van der Waals surface area contributed by atoms with E-state index in [4.69, 9.17) is 5.73 Å². The minimum atomic E-state index is -0.0307. The van der Waals surface area contributed by atoms with E-state index < -0.39 is 0 Å². The summed E-state index contributed by atoms with van der Waals surface area (Å²) in [5, 5.41) is 0. The number of piperidine rings is 1. The van der Waals surface area contributed by atoms with Crippen molar-refractivity contribution in [1.29, 1.82) is 0 Å². The normalized spacial score (nSPS) is 27.6. The number of rotatable bonds is 2. The third-order valence-corrected chi connectivity index (χ3v) is 4.44. The Hall–Kier alpha value is -0.280. The molecule has 1 saturated heterocycles. The van der Waals surface area contributed by atoms with Gasteiger partial charge in [-0.15, -0.1) is 12.4 Å². The smallest absolute Gasteiger partial charge is 0.228 e. The first kappa shape index (κ1) is 14.8. The minimum Gasteiger partial charge on any atom is -0.341 e. The first-order chi connectivity index (χ1) is 7.68. The molecule has 0 spiro atoms. The molecule has 0 aromatic heterocycles. The highest BCUT2D eigenvalue weighted by atomic mass is 35.5. The number of hydrogen-bond donors (Lipinski definition) is 1. The monoisotopic (exact) mass is 260 g/mol. The summed E-state index contributed by atoms with van der Waals surface area (Å²) >= 11 is 0. The van der Waals surface area contributed by atoms with Gasteiger partial charge in [0.1, 0.15) is 0 Å². The third-order valence-electron chi connectivity index (χ3n) is 4.44. The SMILES string of the molecule is CCC1(C(=O)N2CCCC(N)C2)CCCC1.Cl. The van der Waals surface area contributed by atoms with Crippen LogP contribution in [0.5, 0.6) is 0 Å². The molecule has 0 bridgehead atoms. The Kier molecular flexibility index (Phi) is 5.26. The van der Waals surface area contributed by atoms with Crippen LogP contribution in [0, 0.1) is 5.41 Å². The average Bonchev–Trinajstić information content (AvgIpc) is 2.78. The molecule has 100 valence electrons. The Labute approximate surface area is 111 Å². The molecule has 1 saturated carbocycles. The summed E-state index contributed by atoms with van der Waals surface area (Å²) in [6.45, 7) is 3.86. The summed E-state index contributed by atoms with van der Waals surface area (Å²) in [5.74, 6) is 0.391. The van der Waals surface area contributed by atoms with Crippen LogP contribution in [0.25, 0.3) is 0 Å². The van der Waals surface area contributed by atoms with Crippen LogP contribution in [0.2, 0.25) is 0 Å². The lowest BCUT2D eigenvalue weighted by Crippen LogP contribution is -2.50. The van der Waals surface area contributed by atoms with Crippen molar-refractivity contribution in [2.75, 3.05) is 13.1 Å². The molecule has 2 aliphatic rings. The average molecular weight is 261 g/mol. The molecule has 3 nitrogen and oxygen atoms in total. The molecule has 17 heavy (non-hydrogen) atoms. The number of carbonyl (C=O) groups is 1. The van der Waals surface area contributed by atoms with Crippen LogP contribution in [-0.2, 0) is 4.79 Å². The second-order valence-corrected chi connectivity index (χ2v) is 5.49. The molecule has 1 atom stereocenters. The summed E-state index contributed by atoms with van der Waals surface area (Å²) in [4.78, 5) is 14.6. The van der Waals surface area contributed by atoms with Crippen LogP contribution in [0.4, 0.5) is 0 Å². The molecule has 1 amide bonds. The second-order valence-electron chi connectivity index (χ2n) is 5.49. The van der Waals surface area contributed by atoms with Crippen molar-refractivity contribution >= 4 is 18.3 Å². The van der Waals surface area contributed by atoms with Crippen molar-refractivity contribution in [3.05, 3.63) is 0 Å². The molecule has 2 N–H and O–H groups in total. The summed E-state index contributed by atoms with van der Waals surface area (Å²) in [6, 6.07) is 0.202. The molecule has 0 aromatic rings. The molecule has 0 aromatic carbocycles. The van der Waals surface area contributed by atoms with Crippen LogP contribution in [0.3, 0.4) is 0 Å². The minimum absolute atomic E-state index is 0. The van der Waals surface area contributed by atoms with Gasteiger partial charge >= 0.3 is 0 Å². The van der Waals surface area contributed by atoms with E-state index in [1.54, 1.807) is 0 Å². The molecule has 1 aliphatic carbocycles. The second kappa shape index (κ2) is 6.05. The van der Waals surface area contributed by atoms with Gasteiger partial charge in [-0.25, -0.2) is 0 Å². The topological polar surface area (TPSA) is 46.3 Å². The van der Waals surface area contributed by atoms with E-state index in [-0.39, 0.29) is 23.9 Å². The number of halogens is 1. The highest BCUT2D eigenvalue weighted by Gasteiger charge is 2.42. The van der Waals surface area contributed by atoms with Gasteiger partial charge in [-0.05, 0) is 32.1 Å². The summed E-state index contributed by atoms with van der Waals surface area (Å²) in [6.07, 6.45) is 7.77. The van der Waals surface area contributed by atoms with Crippen LogP contribution in [0.15, 0.2) is 0 Å². The van der Waals surface area contributed by atoms with Crippen molar-refractivity contribution in [2.45, 2.75) is 57.9 Å². The lowest BCUT2D eigenvalue weighted by atomic mass is 9.81. The van der Waals surface area contributed by atoms with Crippen molar-refractivity contribution in [3.8, 4) is 0 Å². The number of hydrogen-bond acceptors (Lipinski definition) is 2. The number of carbonyl (C=O) groups excluding carboxylic acids is 1. The Morgan fingerprint density at radius 3 is 2.53 bits per heavy atom. The predicted octanol–water partition coefficient (Wildman–Crippen LogP) is 2.33. The standard InChI is InChI=1S/C13H24N2O.ClH/c1-2-13(7-3-4-8-13)12(16)15-9-5-6-11(14)10-15;/h11H,2-10,14H2,1H3;1H. The Morgan fingerprint density at radius 1 is 1.35 bits per heavy atom. The van der Waals surface area contributed by atoms with E-state index in [0.29, 0.717) is 5.91 Å². The zero-order valence-electron chi connectivity index (χ0n) is 10.8. The maximum atomic E-state index is 12.6. The first-order valence-corrected chi connectivity index (χ1v) is 6.73. The Bertz CT molecular complexity index is 264. The van der Waals surface area contributed by atoms with Crippen LogP contribution in [-0.4, -0.2) is 29.9 Å². The molecular weight excluding hydrogens is 236 g/mol. The highest BCUT2D eigenvalue weighted by Crippen LogP contribution is 2.42. The van der Waals surface area contributed by atoms with Crippen LogP contribution in [0.1, 0.15) is 51.9 Å². The fraction of sp³-hybridized carbons (Fsp3) is 0.923. The lowest BCUT2D eigenvalue weighted by molar-refractivity contribution is -0.143. The zero-order chi connectivity index (χ0) is 11.6. The summed E-state index contributed by atoms with van der Waals surface area (Å²) in [5.41, 5.74) is 5.92. The zero-order valence-corrected chi connectivity index (χ0v) is 11.6. The molecular formula is C13H25ClN2O. The molecule has 1 aliphatic heterocycles. The summed E-state index contributed by atoms with van der Waals surface area (Å²) in [7, 11) is 0. The first-order valence-electron chi connectivity index (χ1n) is 6.73. The van der Waals surface area contributed by atoms with Gasteiger partial charge in [0.05, 0.1) is 0 Å². The maximum Gasteiger partial charge on any atom is 0.228 e. The van der Waals surface area contributed by atoms with Crippen molar-refractivity contribution in [2.24, 2.45) is 11.1 Å². The highest BCUT2D eigenvalue weighted by molar-refractivity contribution is 5.85. The fourth-order valence-corrected chi connectivity index (χ4v) is 3.30. The van der Waals surface area contributed by atoms with Crippen molar-refractivity contribution in [1.82, 2.24) is 4.90 Å². The number of nitrogens with two attached hydrogens (primary N) is 1. The quantitative estimate of drug-likeness (QED) is 0.828. The van der Waals surface area contributed by atoms with Gasteiger partial charge in [0.2, 0.25) is 5.91 Å². The lowest BCUT2D eigenvalue weighted by Gasteiger charge is -2.37. The van der Waals surface area contributed by atoms with Gasteiger partial charge in [0, 0.05) is 24.5 Å². The van der Waals surface area contributed by atoms with Gasteiger partial charge in [0.25, 0.3) is 0 Å². The molecule has 1 unspecified atom stereocenters. The maximum absolute atomic E-state index is 12.6. The van der Waals surface area contributed by atoms with E-state index in [1.807, 2.05) is 4.90 Å². The van der Waals surface area contributed by atoms with E-state index in [1.165, 1.54) is 12.8 Å². The van der Waals surface area contributed by atoms with Crippen molar-refractivity contribution < 1.29 is 4.79 Å². The van der Waals surface area contributed by atoms with Crippen LogP contribution >= 0.6 is 12.4 Å². The molecule has 0 radical (unpaired) electrons.